The van der Waals surface area contributed by atoms with Crippen molar-refractivity contribution in [1.82, 2.24) is 0 Å². The molecular formula is C9H7ClO3. The zero-order chi connectivity index (χ0) is 9.42. The highest BCUT2D eigenvalue weighted by Gasteiger charge is 2.28. The number of fused-ring (bicyclic) bond motifs is 1. The molecule has 0 aromatic heterocycles. The Kier molecular flexibility index (Phi) is 1.88. The number of carbonyl (C=O) groups is 1. The first-order valence-electron chi connectivity index (χ1n) is 3.85. The fourth-order valence-corrected chi connectivity index (χ4v) is 1.55. The maximum Gasteiger partial charge on any atom is 0.345 e. The van der Waals surface area contributed by atoms with Crippen LogP contribution in [-0.2, 0) is 11.2 Å². The number of carboxylic acid groups (broad SMARTS) is 1. The van der Waals surface area contributed by atoms with Crippen molar-refractivity contribution in [2.75, 3.05) is 0 Å². The first-order valence-corrected chi connectivity index (χ1v) is 4.22. The van der Waals surface area contributed by atoms with Gasteiger partial charge >= 0.3 is 5.97 Å². The molecule has 0 unspecified atom stereocenters. The number of hydrogen-bond acceptors (Lipinski definition) is 2. The molecule has 4 heteroatoms. The summed E-state index contributed by atoms with van der Waals surface area (Å²) in [6.07, 6.45) is -0.362. The molecule has 0 spiro atoms. The van der Waals surface area contributed by atoms with Crippen LogP contribution in [0.25, 0.3) is 0 Å². The van der Waals surface area contributed by atoms with Crippen molar-refractivity contribution < 1.29 is 14.6 Å². The van der Waals surface area contributed by atoms with Crippen LogP contribution in [-0.4, -0.2) is 17.2 Å². The van der Waals surface area contributed by atoms with Crippen molar-refractivity contribution in [1.29, 1.82) is 0 Å². The van der Waals surface area contributed by atoms with E-state index >= 15 is 0 Å². The Morgan fingerprint density at radius 1 is 1.62 bits per heavy atom. The highest BCUT2D eigenvalue weighted by atomic mass is 35.5. The summed E-state index contributed by atoms with van der Waals surface area (Å²) in [5.41, 5.74) is 0.861. The summed E-state index contributed by atoms with van der Waals surface area (Å²) in [5.74, 6) is -0.316. The highest BCUT2D eigenvalue weighted by molar-refractivity contribution is 6.30. The predicted octanol–water partition coefficient (Wildman–Crippen LogP) is 1.73. The molecule has 0 amide bonds. The predicted molar refractivity (Wildman–Crippen MR) is 47.2 cm³/mol. The number of hydrogen-bond donors (Lipinski definition) is 1. The van der Waals surface area contributed by atoms with Crippen LogP contribution in [0.1, 0.15) is 5.56 Å². The molecule has 1 aromatic carbocycles. The summed E-state index contributed by atoms with van der Waals surface area (Å²) < 4.78 is 5.17. The molecule has 0 saturated carbocycles. The smallest absolute Gasteiger partial charge is 0.345 e. The fraction of sp³-hybridized carbons (Fsp3) is 0.222. The number of carboxylic acids is 1. The van der Waals surface area contributed by atoms with E-state index in [0.29, 0.717) is 17.2 Å². The summed E-state index contributed by atoms with van der Waals surface area (Å²) in [4.78, 5) is 10.6. The Bertz CT molecular complexity index is 362. The van der Waals surface area contributed by atoms with Gasteiger partial charge in [0.1, 0.15) is 5.75 Å². The molecule has 1 aromatic rings. The normalized spacial score (nSPS) is 19.3. The molecule has 1 aliphatic heterocycles. The van der Waals surface area contributed by atoms with Gasteiger partial charge in [-0.3, -0.25) is 0 Å². The van der Waals surface area contributed by atoms with E-state index < -0.39 is 12.1 Å². The largest absolute Gasteiger partial charge is 0.478 e. The Hall–Kier alpha value is -1.22. The topological polar surface area (TPSA) is 46.5 Å². The Labute approximate surface area is 79.9 Å². The van der Waals surface area contributed by atoms with Gasteiger partial charge < -0.3 is 9.84 Å². The van der Waals surface area contributed by atoms with Gasteiger partial charge in [0, 0.05) is 11.4 Å². The SMILES string of the molecule is O=C(O)[C@H]1Cc2cc(Cl)ccc2O1. The van der Waals surface area contributed by atoms with Crippen LogP contribution < -0.4 is 4.74 Å². The minimum atomic E-state index is -0.938. The second-order valence-electron chi connectivity index (χ2n) is 2.90. The van der Waals surface area contributed by atoms with E-state index in [9.17, 15) is 4.79 Å². The van der Waals surface area contributed by atoms with Gasteiger partial charge in [0.25, 0.3) is 0 Å². The van der Waals surface area contributed by atoms with E-state index in [2.05, 4.69) is 0 Å². The molecule has 1 aliphatic rings. The highest BCUT2D eigenvalue weighted by Crippen LogP contribution is 2.30. The average Bonchev–Trinajstić information content (AvgIpc) is 2.46. The monoisotopic (exact) mass is 198 g/mol. The molecule has 0 saturated heterocycles. The summed E-state index contributed by atoms with van der Waals surface area (Å²) >= 11 is 5.75. The number of ether oxygens (including phenoxy) is 1. The van der Waals surface area contributed by atoms with Crippen molar-refractivity contribution >= 4 is 17.6 Å². The van der Waals surface area contributed by atoms with Crippen LogP contribution in [0.5, 0.6) is 5.75 Å². The zero-order valence-electron chi connectivity index (χ0n) is 6.66. The van der Waals surface area contributed by atoms with E-state index in [1.165, 1.54) is 0 Å². The van der Waals surface area contributed by atoms with Gasteiger partial charge in [0.2, 0.25) is 0 Å². The number of halogens is 1. The van der Waals surface area contributed by atoms with Crippen LogP contribution in [0.3, 0.4) is 0 Å². The van der Waals surface area contributed by atoms with Gasteiger partial charge in [-0.1, -0.05) is 11.6 Å². The minimum absolute atomic E-state index is 0.394. The lowest BCUT2D eigenvalue weighted by molar-refractivity contribution is -0.144. The summed E-state index contributed by atoms with van der Waals surface area (Å²) in [6, 6.07) is 5.12. The molecule has 1 heterocycles. The van der Waals surface area contributed by atoms with Crippen LogP contribution in [0.2, 0.25) is 5.02 Å². The van der Waals surface area contributed by atoms with Crippen LogP contribution in [0.15, 0.2) is 18.2 Å². The van der Waals surface area contributed by atoms with Gasteiger partial charge in [0.05, 0.1) is 0 Å². The Balaban J connectivity index is 2.30. The first-order chi connectivity index (χ1) is 6.16. The molecule has 3 nitrogen and oxygen atoms in total. The van der Waals surface area contributed by atoms with Crippen molar-refractivity contribution in [2.24, 2.45) is 0 Å². The maximum absolute atomic E-state index is 10.6. The summed E-state index contributed by atoms with van der Waals surface area (Å²) in [7, 11) is 0. The van der Waals surface area contributed by atoms with Crippen molar-refractivity contribution in [3.8, 4) is 5.75 Å². The van der Waals surface area contributed by atoms with E-state index in [0.717, 1.165) is 5.56 Å². The molecule has 0 aliphatic carbocycles. The molecule has 68 valence electrons. The minimum Gasteiger partial charge on any atom is -0.478 e. The Morgan fingerprint density at radius 3 is 3.08 bits per heavy atom. The van der Waals surface area contributed by atoms with E-state index in [1.807, 2.05) is 0 Å². The first kappa shape index (κ1) is 8.38. The molecule has 1 N–H and O–H groups in total. The summed E-state index contributed by atoms with van der Waals surface area (Å²) in [6.45, 7) is 0. The van der Waals surface area contributed by atoms with Gasteiger partial charge in [0.15, 0.2) is 6.10 Å². The van der Waals surface area contributed by atoms with Crippen LogP contribution >= 0.6 is 11.6 Å². The van der Waals surface area contributed by atoms with Crippen molar-refractivity contribution in [3.63, 3.8) is 0 Å². The van der Waals surface area contributed by atoms with Gasteiger partial charge in [-0.2, -0.15) is 0 Å². The average molecular weight is 199 g/mol. The third kappa shape index (κ3) is 1.47. The fourth-order valence-electron chi connectivity index (χ4n) is 1.35. The zero-order valence-corrected chi connectivity index (χ0v) is 7.41. The lowest BCUT2D eigenvalue weighted by Gasteiger charge is -2.02. The van der Waals surface area contributed by atoms with Crippen LogP contribution in [0.4, 0.5) is 0 Å². The van der Waals surface area contributed by atoms with Gasteiger partial charge in [-0.15, -0.1) is 0 Å². The molecular weight excluding hydrogens is 192 g/mol. The van der Waals surface area contributed by atoms with E-state index in [-0.39, 0.29) is 0 Å². The van der Waals surface area contributed by atoms with E-state index in [1.54, 1.807) is 18.2 Å². The second kappa shape index (κ2) is 2.92. The lowest BCUT2D eigenvalue weighted by Crippen LogP contribution is -2.24. The third-order valence-corrected chi connectivity index (χ3v) is 2.21. The molecule has 0 radical (unpaired) electrons. The van der Waals surface area contributed by atoms with Gasteiger partial charge in [-0.25, -0.2) is 4.79 Å². The van der Waals surface area contributed by atoms with Crippen molar-refractivity contribution in [3.05, 3.63) is 28.8 Å². The molecule has 13 heavy (non-hydrogen) atoms. The lowest BCUT2D eigenvalue weighted by atomic mass is 10.1. The standard InChI is InChI=1S/C9H7ClO3/c10-6-1-2-7-5(3-6)4-8(13-7)9(11)12/h1-3,8H,4H2,(H,11,12)/t8-/m1/s1. The van der Waals surface area contributed by atoms with Gasteiger partial charge in [-0.05, 0) is 23.8 Å². The second-order valence-corrected chi connectivity index (χ2v) is 3.34. The maximum atomic E-state index is 10.6. The quantitative estimate of drug-likeness (QED) is 0.748. The number of aliphatic carboxylic acids is 1. The Morgan fingerprint density at radius 2 is 2.38 bits per heavy atom. The molecule has 0 fully saturated rings. The molecule has 1 atom stereocenters. The number of rotatable bonds is 1. The van der Waals surface area contributed by atoms with E-state index in [4.69, 9.17) is 21.4 Å². The third-order valence-electron chi connectivity index (χ3n) is 1.97. The molecule has 0 bridgehead atoms. The molecule has 2 rings (SSSR count). The van der Waals surface area contributed by atoms with Crippen LogP contribution in [0, 0.1) is 0 Å². The number of benzene rings is 1. The summed E-state index contributed by atoms with van der Waals surface area (Å²) in [5, 5.41) is 9.30. The van der Waals surface area contributed by atoms with Crippen molar-refractivity contribution in [2.45, 2.75) is 12.5 Å².